The number of carbonyl (C=O) groups is 1. The van der Waals surface area contributed by atoms with E-state index in [0.717, 1.165) is 30.8 Å². The van der Waals surface area contributed by atoms with E-state index in [1.807, 2.05) is 30.0 Å². The summed E-state index contributed by atoms with van der Waals surface area (Å²) >= 11 is 1.81. The van der Waals surface area contributed by atoms with Crippen LogP contribution in [0.1, 0.15) is 107 Å². The van der Waals surface area contributed by atoms with Crippen molar-refractivity contribution in [2.45, 2.75) is 97.4 Å². The highest BCUT2D eigenvalue weighted by Gasteiger charge is 2.15. The zero-order chi connectivity index (χ0) is 27.0. The minimum absolute atomic E-state index is 0.120. The van der Waals surface area contributed by atoms with Crippen LogP contribution in [0.25, 0.3) is 0 Å². The Kier molecular flexibility index (Phi) is 13.6. The van der Waals surface area contributed by atoms with Crippen molar-refractivity contribution in [3.05, 3.63) is 70.5 Å². The molecule has 6 heteroatoms. The Morgan fingerprint density at radius 2 is 1.61 bits per heavy atom. The number of amides is 1. The molecule has 0 atom stereocenters. The number of anilines is 1. The van der Waals surface area contributed by atoms with Crippen molar-refractivity contribution in [1.29, 1.82) is 0 Å². The Labute approximate surface area is 233 Å². The molecule has 4 nitrogen and oxygen atoms in total. The van der Waals surface area contributed by atoms with Gasteiger partial charge in [0.05, 0.1) is 18.2 Å². The summed E-state index contributed by atoms with van der Waals surface area (Å²) in [4.78, 5) is 16.5. The lowest BCUT2D eigenvalue weighted by molar-refractivity contribution is 0.102. The summed E-state index contributed by atoms with van der Waals surface area (Å²) in [6.07, 6.45) is 17.3. The van der Waals surface area contributed by atoms with Crippen LogP contribution in [0.5, 0.6) is 5.75 Å². The Morgan fingerprint density at radius 3 is 2.26 bits per heavy atom. The first-order chi connectivity index (χ1) is 18.6. The summed E-state index contributed by atoms with van der Waals surface area (Å²) < 4.78 is 20.4. The van der Waals surface area contributed by atoms with Crippen molar-refractivity contribution in [1.82, 2.24) is 4.90 Å². The maximum atomic E-state index is 14.6. The highest BCUT2D eigenvalue weighted by Crippen LogP contribution is 2.29. The van der Waals surface area contributed by atoms with Gasteiger partial charge in [-0.05, 0) is 48.1 Å². The Balaban J connectivity index is 1.39. The van der Waals surface area contributed by atoms with Crippen LogP contribution in [0.4, 0.5) is 10.1 Å². The number of halogens is 1. The Morgan fingerprint density at radius 1 is 0.947 bits per heavy atom. The van der Waals surface area contributed by atoms with Gasteiger partial charge >= 0.3 is 0 Å². The van der Waals surface area contributed by atoms with E-state index >= 15 is 0 Å². The predicted octanol–water partition coefficient (Wildman–Crippen LogP) is 9.53. The number of allylic oxidation sites excluding steroid dienone is 1. The third kappa shape index (κ3) is 10.7. The molecule has 0 radical (unpaired) electrons. The SMILES string of the molecule is CCCCCCCCCCCCCCOc1c(F)cccc1NC(=O)c1cccc(CN2C=C(C)SC2)c1. The van der Waals surface area contributed by atoms with Gasteiger partial charge in [0.15, 0.2) is 11.6 Å². The van der Waals surface area contributed by atoms with Crippen molar-refractivity contribution >= 4 is 23.4 Å². The van der Waals surface area contributed by atoms with Crippen molar-refractivity contribution in [2.24, 2.45) is 0 Å². The molecule has 1 aliphatic rings. The van der Waals surface area contributed by atoms with Crippen LogP contribution in [-0.2, 0) is 6.54 Å². The number of hydrogen-bond acceptors (Lipinski definition) is 4. The second kappa shape index (κ2) is 17.2. The van der Waals surface area contributed by atoms with Crippen molar-refractivity contribution < 1.29 is 13.9 Å². The molecule has 0 spiro atoms. The van der Waals surface area contributed by atoms with Crippen LogP contribution >= 0.6 is 11.8 Å². The van der Waals surface area contributed by atoms with Gasteiger partial charge in [-0.15, -0.1) is 11.8 Å². The first-order valence-electron chi connectivity index (χ1n) is 14.4. The van der Waals surface area contributed by atoms with Gasteiger partial charge < -0.3 is 15.0 Å². The molecule has 1 N–H and O–H groups in total. The van der Waals surface area contributed by atoms with Crippen molar-refractivity contribution in [3.8, 4) is 5.75 Å². The molecule has 0 saturated heterocycles. The van der Waals surface area contributed by atoms with Gasteiger partial charge in [-0.25, -0.2) is 4.39 Å². The summed E-state index contributed by atoms with van der Waals surface area (Å²) in [6.45, 7) is 5.55. The van der Waals surface area contributed by atoms with Gasteiger partial charge in [0.1, 0.15) is 0 Å². The smallest absolute Gasteiger partial charge is 0.255 e. The molecule has 0 aromatic heterocycles. The number of ether oxygens (including phenoxy) is 1. The molecule has 3 rings (SSSR count). The summed E-state index contributed by atoms with van der Waals surface area (Å²) in [5, 5.41) is 2.86. The summed E-state index contributed by atoms with van der Waals surface area (Å²) in [5.74, 6) is 0.319. The lowest BCUT2D eigenvalue weighted by Gasteiger charge is -2.16. The van der Waals surface area contributed by atoms with Crippen molar-refractivity contribution in [2.75, 3.05) is 17.8 Å². The average Bonchev–Trinajstić information content (AvgIpc) is 3.32. The number of benzene rings is 2. The van der Waals surface area contributed by atoms with Crippen LogP contribution in [0.3, 0.4) is 0 Å². The first kappa shape index (κ1) is 30.1. The van der Waals surface area contributed by atoms with Crippen LogP contribution in [-0.4, -0.2) is 23.3 Å². The lowest BCUT2D eigenvalue weighted by atomic mass is 10.1. The predicted molar refractivity (Wildman–Crippen MR) is 159 cm³/mol. The molecule has 0 fully saturated rings. The van der Waals surface area contributed by atoms with Crippen LogP contribution in [0, 0.1) is 5.82 Å². The van der Waals surface area contributed by atoms with Gasteiger partial charge in [-0.1, -0.05) is 95.8 Å². The van der Waals surface area contributed by atoms with Gasteiger partial charge in [0.2, 0.25) is 0 Å². The molecular formula is C32H45FN2O2S. The van der Waals surface area contributed by atoms with Crippen molar-refractivity contribution in [3.63, 3.8) is 0 Å². The molecule has 2 aromatic rings. The summed E-state index contributed by atoms with van der Waals surface area (Å²) in [5.41, 5.74) is 1.98. The molecule has 2 aromatic carbocycles. The third-order valence-corrected chi connectivity index (χ3v) is 7.88. The molecule has 38 heavy (non-hydrogen) atoms. The standard InChI is InChI=1S/C32H45FN2O2S/c1-3-4-5-6-7-8-9-10-11-12-13-14-21-37-31-29(33)19-16-20-30(31)34-32(36)28-18-15-17-27(22-28)24-35-23-26(2)38-25-35/h15-20,22-23H,3-14,21,24-25H2,1-2H3,(H,34,36). The lowest BCUT2D eigenvalue weighted by Crippen LogP contribution is -2.16. The number of unbranched alkanes of at least 4 members (excludes halogenated alkanes) is 11. The quantitative estimate of drug-likeness (QED) is 0.191. The maximum absolute atomic E-state index is 14.6. The van der Waals surface area contributed by atoms with Gasteiger partial charge in [-0.3, -0.25) is 4.79 Å². The molecule has 0 saturated carbocycles. The van der Waals surface area contributed by atoms with Crippen LogP contribution in [0.15, 0.2) is 53.6 Å². The minimum Gasteiger partial charge on any atom is -0.488 e. The fourth-order valence-corrected chi connectivity index (χ4v) is 5.48. The van der Waals surface area contributed by atoms with Gasteiger partial charge in [-0.2, -0.15) is 0 Å². The number of para-hydroxylation sites is 1. The van der Waals surface area contributed by atoms with Crippen LogP contribution in [0.2, 0.25) is 0 Å². The molecule has 1 heterocycles. The number of nitrogens with one attached hydrogen (secondary N) is 1. The highest BCUT2D eigenvalue weighted by molar-refractivity contribution is 8.03. The number of nitrogens with zero attached hydrogens (tertiary/aromatic N) is 1. The zero-order valence-corrected chi connectivity index (χ0v) is 24.1. The van der Waals surface area contributed by atoms with E-state index in [1.54, 1.807) is 18.2 Å². The Bertz CT molecular complexity index is 1030. The summed E-state index contributed by atoms with van der Waals surface area (Å²) in [6, 6.07) is 12.3. The molecule has 1 aliphatic heterocycles. The largest absolute Gasteiger partial charge is 0.488 e. The highest BCUT2D eigenvalue weighted by atomic mass is 32.2. The normalized spacial score (nSPS) is 13.0. The van der Waals surface area contributed by atoms with E-state index in [0.29, 0.717) is 17.9 Å². The summed E-state index contributed by atoms with van der Waals surface area (Å²) in [7, 11) is 0. The second-order valence-corrected chi connectivity index (χ2v) is 11.5. The van der Waals surface area contributed by atoms with E-state index in [2.05, 4.69) is 30.3 Å². The molecule has 1 amide bonds. The topological polar surface area (TPSA) is 41.6 Å². The molecule has 208 valence electrons. The van der Waals surface area contributed by atoms with E-state index in [9.17, 15) is 9.18 Å². The van der Waals surface area contributed by atoms with E-state index in [-0.39, 0.29) is 11.7 Å². The number of carbonyl (C=O) groups excluding carboxylic acids is 1. The first-order valence-corrected chi connectivity index (χ1v) is 15.4. The number of thioether (sulfide) groups is 1. The van der Waals surface area contributed by atoms with Gasteiger partial charge in [0, 0.05) is 18.3 Å². The fourth-order valence-electron chi connectivity index (χ4n) is 4.72. The molecule has 0 unspecified atom stereocenters. The maximum Gasteiger partial charge on any atom is 0.255 e. The van der Waals surface area contributed by atoms with E-state index in [1.165, 1.54) is 75.2 Å². The van der Waals surface area contributed by atoms with E-state index < -0.39 is 5.82 Å². The number of rotatable bonds is 18. The van der Waals surface area contributed by atoms with Gasteiger partial charge in [0.25, 0.3) is 5.91 Å². The molecule has 0 aliphatic carbocycles. The third-order valence-electron chi connectivity index (χ3n) is 6.86. The van der Waals surface area contributed by atoms with E-state index in [4.69, 9.17) is 4.74 Å². The zero-order valence-electron chi connectivity index (χ0n) is 23.3. The van der Waals surface area contributed by atoms with Crippen LogP contribution < -0.4 is 10.1 Å². The Hall–Kier alpha value is -2.47. The fraction of sp³-hybridized carbons (Fsp3) is 0.531. The minimum atomic E-state index is -0.454. The second-order valence-electron chi connectivity index (χ2n) is 10.3. The molecular weight excluding hydrogens is 495 g/mol. The monoisotopic (exact) mass is 540 g/mol. The number of hydrogen-bond donors (Lipinski definition) is 1. The average molecular weight is 541 g/mol. The molecule has 0 bridgehead atoms.